The van der Waals surface area contributed by atoms with E-state index in [9.17, 15) is 0 Å². The highest BCUT2D eigenvalue weighted by Crippen LogP contribution is 2.23. The number of ether oxygens (including phenoxy) is 1. The maximum Gasteiger partial charge on any atom is 0.0951 e. The van der Waals surface area contributed by atoms with Crippen LogP contribution in [-0.4, -0.2) is 35.4 Å². The maximum atomic E-state index is 5.75. The van der Waals surface area contributed by atoms with Crippen LogP contribution < -0.4 is 5.32 Å². The van der Waals surface area contributed by atoms with Crippen LogP contribution >= 0.6 is 15.9 Å². The molecule has 1 saturated heterocycles. The van der Waals surface area contributed by atoms with Gasteiger partial charge >= 0.3 is 0 Å². The topological polar surface area (TPSA) is 39.1 Å². The van der Waals surface area contributed by atoms with E-state index in [2.05, 4.69) is 42.9 Å². The van der Waals surface area contributed by atoms with Crippen molar-refractivity contribution < 1.29 is 4.74 Å². The van der Waals surface area contributed by atoms with Crippen LogP contribution in [0, 0.1) is 0 Å². The van der Waals surface area contributed by atoms with E-state index in [0.29, 0.717) is 0 Å². The summed E-state index contributed by atoms with van der Waals surface area (Å²) in [6.07, 6.45) is 3.99. The first-order valence-electron chi connectivity index (χ1n) is 6.41. The number of nitrogens with zero attached hydrogens (tertiary/aromatic N) is 2. The van der Waals surface area contributed by atoms with Crippen molar-refractivity contribution in [2.75, 3.05) is 19.7 Å². The van der Waals surface area contributed by atoms with Crippen molar-refractivity contribution in [3.05, 3.63) is 41.3 Å². The number of aromatic nitrogens is 2. The molecular weight excluding hydrogens is 306 g/mol. The molecule has 1 N–H and O–H groups in total. The Labute approximate surface area is 120 Å². The van der Waals surface area contributed by atoms with Gasteiger partial charge in [-0.3, -0.25) is 0 Å². The molecule has 19 heavy (non-hydrogen) atoms. The van der Waals surface area contributed by atoms with E-state index in [1.54, 1.807) is 0 Å². The third-order valence-electron chi connectivity index (χ3n) is 3.24. The van der Waals surface area contributed by atoms with Crippen LogP contribution in [0.1, 0.15) is 0 Å². The van der Waals surface area contributed by atoms with Gasteiger partial charge in [-0.15, -0.1) is 0 Å². The molecule has 1 atom stereocenters. The molecular formula is C14H16BrN3O. The Hall–Kier alpha value is -1.17. The second-order valence-corrected chi connectivity index (χ2v) is 5.55. The van der Waals surface area contributed by atoms with Crippen LogP contribution in [0.5, 0.6) is 0 Å². The summed E-state index contributed by atoms with van der Waals surface area (Å²) in [5.74, 6) is 0. The Morgan fingerprint density at radius 1 is 1.47 bits per heavy atom. The van der Waals surface area contributed by atoms with Crippen LogP contribution in [0.2, 0.25) is 0 Å². The minimum absolute atomic E-state index is 0.217. The summed E-state index contributed by atoms with van der Waals surface area (Å²) >= 11 is 3.51. The molecule has 0 amide bonds. The summed E-state index contributed by atoms with van der Waals surface area (Å²) in [5, 5.41) is 3.35. The number of morpholine rings is 1. The Morgan fingerprint density at radius 3 is 3.21 bits per heavy atom. The predicted molar refractivity (Wildman–Crippen MR) is 78.0 cm³/mol. The molecule has 100 valence electrons. The first kappa shape index (κ1) is 12.8. The van der Waals surface area contributed by atoms with E-state index in [0.717, 1.165) is 42.0 Å². The summed E-state index contributed by atoms with van der Waals surface area (Å²) < 4.78 is 8.97. The Bertz CT molecular complexity index is 549. The van der Waals surface area contributed by atoms with Crippen molar-refractivity contribution in [1.29, 1.82) is 0 Å². The van der Waals surface area contributed by atoms with Crippen LogP contribution in [0.15, 0.2) is 41.3 Å². The van der Waals surface area contributed by atoms with Gasteiger partial charge in [-0.25, -0.2) is 4.98 Å². The van der Waals surface area contributed by atoms with E-state index in [1.165, 1.54) is 0 Å². The lowest BCUT2D eigenvalue weighted by Crippen LogP contribution is -2.40. The minimum atomic E-state index is 0.217. The molecule has 1 aliphatic heterocycles. The van der Waals surface area contributed by atoms with E-state index >= 15 is 0 Å². The Balaban J connectivity index is 1.81. The van der Waals surface area contributed by atoms with Gasteiger partial charge in [-0.05, 0) is 12.1 Å². The summed E-state index contributed by atoms with van der Waals surface area (Å²) in [6, 6.07) is 8.26. The molecule has 1 aromatic heterocycles. The molecule has 4 nitrogen and oxygen atoms in total. The molecule has 1 aliphatic rings. The molecule has 1 unspecified atom stereocenters. The van der Waals surface area contributed by atoms with Crippen LogP contribution in [-0.2, 0) is 11.3 Å². The van der Waals surface area contributed by atoms with Gasteiger partial charge in [0.25, 0.3) is 0 Å². The maximum absolute atomic E-state index is 5.75. The highest BCUT2D eigenvalue weighted by molar-refractivity contribution is 9.10. The number of nitrogens with one attached hydrogen (secondary N) is 1. The lowest BCUT2D eigenvalue weighted by Gasteiger charge is -2.24. The highest BCUT2D eigenvalue weighted by Gasteiger charge is 2.15. The van der Waals surface area contributed by atoms with Crippen molar-refractivity contribution >= 4 is 15.9 Å². The molecule has 2 heterocycles. The molecule has 2 aromatic rings. The Morgan fingerprint density at radius 2 is 2.42 bits per heavy atom. The fourth-order valence-electron chi connectivity index (χ4n) is 2.31. The first-order valence-corrected chi connectivity index (χ1v) is 7.20. The average Bonchev–Trinajstić information content (AvgIpc) is 2.88. The molecule has 0 aliphatic carbocycles. The lowest BCUT2D eigenvalue weighted by molar-refractivity contribution is 0.0184. The molecule has 0 radical (unpaired) electrons. The third kappa shape index (κ3) is 3.05. The summed E-state index contributed by atoms with van der Waals surface area (Å²) in [4.78, 5) is 4.27. The van der Waals surface area contributed by atoms with Crippen molar-refractivity contribution in [2.24, 2.45) is 0 Å². The molecule has 0 saturated carbocycles. The average molecular weight is 322 g/mol. The van der Waals surface area contributed by atoms with Gasteiger partial charge in [0.1, 0.15) is 0 Å². The minimum Gasteiger partial charge on any atom is -0.374 e. The van der Waals surface area contributed by atoms with Gasteiger partial charge in [-0.2, -0.15) is 0 Å². The zero-order valence-corrected chi connectivity index (χ0v) is 12.1. The lowest BCUT2D eigenvalue weighted by atomic mass is 10.1. The summed E-state index contributed by atoms with van der Waals surface area (Å²) in [7, 11) is 0. The van der Waals surface area contributed by atoms with Crippen molar-refractivity contribution in [3.63, 3.8) is 0 Å². The van der Waals surface area contributed by atoms with E-state index < -0.39 is 0 Å². The van der Waals surface area contributed by atoms with E-state index in [4.69, 9.17) is 4.74 Å². The second kappa shape index (κ2) is 5.86. The zero-order chi connectivity index (χ0) is 13.1. The standard InChI is InChI=1S/C14H16BrN3O/c15-12-3-1-2-11(6-12)14-8-17-10-18(14)9-13-7-16-4-5-19-13/h1-3,6,8,10,13,16H,4-5,7,9H2. The van der Waals surface area contributed by atoms with Gasteiger partial charge in [0.2, 0.25) is 0 Å². The van der Waals surface area contributed by atoms with Gasteiger partial charge in [0.15, 0.2) is 0 Å². The van der Waals surface area contributed by atoms with Crippen LogP contribution in [0.25, 0.3) is 11.3 Å². The van der Waals surface area contributed by atoms with Crippen molar-refractivity contribution in [2.45, 2.75) is 12.6 Å². The monoisotopic (exact) mass is 321 g/mol. The number of imidazole rings is 1. The number of benzene rings is 1. The fourth-order valence-corrected chi connectivity index (χ4v) is 2.71. The van der Waals surface area contributed by atoms with Crippen LogP contribution in [0.3, 0.4) is 0 Å². The van der Waals surface area contributed by atoms with Crippen molar-refractivity contribution in [3.8, 4) is 11.3 Å². The predicted octanol–water partition coefficient (Wildman–Crippen LogP) is 2.30. The number of halogens is 1. The highest BCUT2D eigenvalue weighted by atomic mass is 79.9. The quantitative estimate of drug-likeness (QED) is 0.942. The number of hydrogen-bond donors (Lipinski definition) is 1. The van der Waals surface area contributed by atoms with E-state index in [1.807, 2.05) is 24.7 Å². The van der Waals surface area contributed by atoms with Gasteiger partial charge in [0, 0.05) is 23.1 Å². The second-order valence-electron chi connectivity index (χ2n) is 4.64. The molecule has 3 rings (SSSR count). The largest absolute Gasteiger partial charge is 0.374 e. The molecule has 5 heteroatoms. The SMILES string of the molecule is Brc1cccc(-c2cncn2CC2CNCCO2)c1. The Kier molecular flexibility index (Phi) is 3.96. The number of rotatable bonds is 3. The van der Waals surface area contributed by atoms with Crippen molar-refractivity contribution in [1.82, 2.24) is 14.9 Å². The zero-order valence-electron chi connectivity index (χ0n) is 10.6. The summed E-state index contributed by atoms with van der Waals surface area (Å²) in [6.45, 7) is 3.45. The third-order valence-corrected chi connectivity index (χ3v) is 3.73. The fraction of sp³-hybridized carbons (Fsp3) is 0.357. The number of hydrogen-bond acceptors (Lipinski definition) is 3. The first-order chi connectivity index (χ1) is 9.33. The van der Waals surface area contributed by atoms with E-state index in [-0.39, 0.29) is 6.10 Å². The van der Waals surface area contributed by atoms with Gasteiger partial charge in [-0.1, -0.05) is 28.1 Å². The van der Waals surface area contributed by atoms with Gasteiger partial charge in [0.05, 0.1) is 37.5 Å². The smallest absolute Gasteiger partial charge is 0.0951 e. The molecule has 0 spiro atoms. The summed E-state index contributed by atoms with van der Waals surface area (Å²) in [5.41, 5.74) is 2.28. The van der Waals surface area contributed by atoms with Crippen LogP contribution in [0.4, 0.5) is 0 Å². The normalized spacial score (nSPS) is 19.5. The molecule has 1 aromatic carbocycles. The molecule has 1 fully saturated rings. The molecule has 0 bridgehead atoms. The van der Waals surface area contributed by atoms with Gasteiger partial charge < -0.3 is 14.6 Å².